The number of imidazole rings is 1. The van der Waals surface area contributed by atoms with E-state index in [0.29, 0.717) is 6.04 Å². The molecule has 0 fully saturated rings. The highest BCUT2D eigenvalue weighted by Gasteiger charge is 2.11. The molecule has 0 atom stereocenters. The first kappa shape index (κ1) is 12.1. The third kappa shape index (κ3) is 2.34. The lowest BCUT2D eigenvalue weighted by atomic mass is 10.2. The van der Waals surface area contributed by atoms with Gasteiger partial charge in [-0.2, -0.15) is 0 Å². The van der Waals surface area contributed by atoms with Gasteiger partial charge >= 0.3 is 0 Å². The van der Waals surface area contributed by atoms with E-state index in [1.807, 2.05) is 0 Å². The lowest BCUT2D eigenvalue weighted by Crippen LogP contribution is -2.22. The maximum atomic E-state index is 4.74. The van der Waals surface area contributed by atoms with E-state index in [4.69, 9.17) is 4.98 Å². The highest BCUT2D eigenvalue weighted by Crippen LogP contribution is 2.17. The molecule has 2 heterocycles. The standard InChI is InChI=1S/C14H21N3/c1-5-13-16-12(9-15-10(2)3)14-11(4)7-6-8-17(13)14/h6-8,10,15H,5,9H2,1-4H3. The smallest absolute Gasteiger partial charge is 0.113 e. The number of nitrogens with one attached hydrogen (secondary N) is 1. The highest BCUT2D eigenvalue weighted by molar-refractivity contribution is 5.59. The van der Waals surface area contributed by atoms with Crippen molar-refractivity contribution in [1.82, 2.24) is 14.7 Å². The second kappa shape index (κ2) is 4.88. The van der Waals surface area contributed by atoms with Crippen LogP contribution in [0.1, 0.15) is 37.9 Å². The average molecular weight is 231 g/mol. The zero-order valence-electron chi connectivity index (χ0n) is 11.1. The van der Waals surface area contributed by atoms with E-state index in [9.17, 15) is 0 Å². The predicted molar refractivity (Wildman–Crippen MR) is 71.3 cm³/mol. The van der Waals surface area contributed by atoms with Crippen LogP contribution in [0.25, 0.3) is 5.52 Å². The Balaban J connectivity index is 2.47. The van der Waals surface area contributed by atoms with Crippen LogP contribution in [-0.4, -0.2) is 15.4 Å². The van der Waals surface area contributed by atoms with Crippen LogP contribution >= 0.6 is 0 Å². The molecule has 0 amide bonds. The number of rotatable bonds is 4. The van der Waals surface area contributed by atoms with Crippen LogP contribution in [0, 0.1) is 6.92 Å². The van der Waals surface area contributed by atoms with E-state index >= 15 is 0 Å². The van der Waals surface area contributed by atoms with Gasteiger partial charge in [0.05, 0.1) is 11.2 Å². The number of aryl methyl sites for hydroxylation is 2. The summed E-state index contributed by atoms with van der Waals surface area (Å²) in [5.41, 5.74) is 3.71. The number of fused-ring (bicyclic) bond motifs is 1. The normalized spacial score (nSPS) is 11.6. The summed E-state index contributed by atoms with van der Waals surface area (Å²) in [7, 11) is 0. The van der Waals surface area contributed by atoms with Gasteiger partial charge in [-0.05, 0) is 18.6 Å². The van der Waals surface area contributed by atoms with Crippen molar-refractivity contribution in [3.8, 4) is 0 Å². The van der Waals surface area contributed by atoms with Crippen LogP contribution in [0.15, 0.2) is 18.3 Å². The second-order valence-electron chi connectivity index (χ2n) is 4.77. The Morgan fingerprint density at radius 3 is 2.82 bits per heavy atom. The molecule has 0 spiro atoms. The van der Waals surface area contributed by atoms with Crippen molar-refractivity contribution in [3.05, 3.63) is 35.4 Å². The number of pyridine rings is 1. The summed E-state index contributed by atoms with van der Waals surface area (Å²) >= 11 is 0. The fraction of sp³-hybridized carbons (Fsp3) is 0.500. The molecule has 0 radical (unpaired) electrons. The molecular weight excluding hydrogens is 210 g/mol. The Kier molecular flexibility index (Phi) is 3.48. The van der Waals surface area contributed by atoms with Crippen LogP contribution in [0.5, 0.6) is 0 Å². The van der Waals surface area contributed by atoms with Crippen molar-refractivity contribution >= 4 is 5.52 Å². The van der Waals surface area contributed by atoms with Crippen molar-refractivity contribution < 1.29 is 0 Å². The summed E-state index contributed by atoms with van der Waals surface area (Å²) in [6.07, 6.45) is 3.07. The number of hydrogen-bond acceptors (Lipinski definition) is 2. The lowest BCUT2D eigenvalue weighted by Gasteiger charge is -2.07. The minimum absolute atomic E-state index is 0.487. The molecular formula is C14H21N3. The minimum atomic E-state index is 0.487. The molecule has 0 aromatic carbocycles. The van der Waals surface area contributed by atoms with Crippen LogP contribution in [-0.2, 0) is 13.0 Å². The van der Waals surface area contributed by atoms with Gasteiger partial charge in [0.15, 0.2) is 0 Å². The second-order valence-corrected chi connectivity index (χ2v) is 4.77. The van der Waals surface area contributed by atoms with E-state index < -0.39 is 0 Å². The Morgan fingerprint density at radius 2 is 2.18 bits per heavy atom. The summed E-state index contributed by atoms with van der Waals surface area (Å²) in [5.74, 6) is 1.14. The third-order valence-corrected chi connectivity index (χ3v) is 3.01. The molecule has 0 aliphatic rings. The first-order chi connectivity index (χ1) is 8.13. The van der Waals surface area contributed by atoms with E-state index in [2.05, 4.69) is 55.7 Å². The van der Waals surface area contributed by atoms with Crippen LogP contribution in [0.3, 0.4) is 0 Å². The van der Waals surface area contributed by atoms with Crippen LogP contribution in [0.4, 0.5) is 0 Å². The molecule has 3 nitrogen and oxygen atoms in total. The molecule has 2 aromatic rings. The largest absolute Gasteiger partial charge is 0.309 e. The lowest BCUT2D eigenvalue weighted by molar-refractivity contribution is 0.584. The van der Waals surface area contributed by atoms with Crippen LogP contribution < -0.4 is 5.32 Å². The Bertz CT molecular complexity index is 511. The van der Waals surface area contributed by atoms with Crippen molar-refractivity contribution in [2.24, 2.45) is 0 Å². The van der Waals surface area contributed by atoms with Crippen molar-refractivity contribution in [1.29, 1.82) is 0 Å². The van der Waals surface area contributed by atoms with Crippen LogP contribution in [0.2, 0.25) is 0 Å². The van der Waals surface area contributed by atoms with Gasteiger partial charge in [-0.25, -0.2) is 4.98 Å². The van der Waals surface area contributed by atoms with Gasteiger partial charge in [-0.15, -0.1) is 0 Å². The molecule has 0 unspecified atom stereocenters. The first-order valence-electron chi connectivity index (χ1n) is 6.32. The quantitative estimate of drug-likeness (QED) is 0.876. The van der Waals surface area contributed by atoms with Gasteiger partial charge < -0.3 is 9.72 Å². The van der Waals surface area contributed by atoms with Crippen molar-refractivity contribution in [2.75, 3.05) is 0 Å². The Labute approximate surface area is 103 Å². The number of nitrogens with zero attached hydrogens (tertiary/aromatic N) is 2. The molecule has 2 rings (SSSR count). The predicted octanol–water partition coefficient (Wildman–Crippen LogP) is 2.70. The Hall–Kier alpha value is -1.35. The fourth-order valence-corrected chi connectivity index (χ4v) is 2.13. The molecule has 3 heteroatoms. The van der Waals surface area contributed by atoms with Crippen molar-refractivity contribution in [2.45, 2.75) is 46.7 Å². The van der Waals surface area contributed by atoms with E-state index in [1.54, 1.807) is 0 Å². The molecule has 1 N–H and O–H groups in total. The molecule has 0 saturated heterocycles. The fourth-order valence-electron chi connectivity index (χ4n) is 2.13. The number of aromatic nitrogens is 2. The van der Waals surface area contributed by atoms with Gasteiger partial charge in [0.2, 0.25) is 0 Å². The first-order valence-corrected chi connectivity index (χ1v) is 6.32. The molecule has 0 bridgehead atoms. The van der Waals surface area contributed by atoms with E-state index in [-0.39, 0.29) is 0 Å². The maximum absolute atomic E-state index is 4.74. The van der Waals surface area contributed by atoms with Crippen molar-refractivity contribution in [3.63, 3.8) is 0 Å². The van der Waals surface area contributed by atoms with E-state index in [1.165, 1.54) is 11.1 Å². The number of hydrogen-bond donors (Lipinski definition) is 1. The summed E-state index contributed by atoms with van der Waals surface area (Å²) in [5, 5.41) is 3.44. The maximum Gasteiger partial charge on any atom is 0.113 e. The third-order valence-electron chi connectivity index (χ3n) is 3.01. The molecule has 2 aromatic heterocycles. The average Bonchev–Trinajstić information content (AvgIpc) is 2.66. The molecule has 0 aliphatic heterocycles. The zero-order valence-corrected chi connectivity index (χ0v) is 11.1. The van der Waals surface area contributed by atoms with Gasteiger partial charge in [-0.3, -0.25) is 0 Å². The van der Waals surface area contributed by atoms with Gasteiger partial charge in [0.25, 0.3) is 0 Å². The summed E-state index contributed by atoms with van der Waals surface area (Å²) < 4.78 is 2.21. The summed E-state index contributed by atoms with van der Waals surface area (Å²) in [6, 6.07) is 4.72. The summed E-state index contributed by atoms with van der Waals surface area (Å²) in [6.45, 7) is 9.45. The molecule has 17 heavy (non-hydrogen) atoms. The molecule has 0 aliphatic carbocycles. The van der Waals surface area contributed by atoms with Gasteiger partial charge in [0.1, 0.15) is 5.82 Å². The molecule has 92 valence electrons. The highest BCUT2D eigenvalue weighted by atomic mass is 15.0. The zero-order chi connectivity index (χ0) is 12.4. The van der Waals surface area contributed by atoms with Gasteiger partial charge in [0, 0.05) is 25.2 Å². The molecule has 0 saturated carbocycles. The van der Waals surface area contributed by atoms with Gasteiger partial charge in [-0.1, -0.05) is 26.8 Å². The Morgan fingerprint density at radius 1 is 1.41 bits per heavy atom. The van der Waals surface area contributed by atoms with E-state index in [0.717, 1.165) is 24.5 Å². The topological polar surface area (TPSA) is 29.3 Å². The summed E-state index contributed by atoms with van der Waals surface area (Å²) in [4.78, 5) is 4.74. The minimum Gasteiger partial charge on any atom is -0.309 e. The monoisotopic (exact) mass is 231 g/mol. The SMILES string of the molecule is CCc1nc(CNC(C)C)c2c(C)cccn12.